The molecule has 1 rings (SSSR count). The number of nitrogens with two attached hydrogens (primary N) is 1. The van der Waals surface area contributed by atoms with Crippen molar-refractivity contribution in [3.8, 4) is 0 Å². The van der Waals surface area contributed by atoms with Crippen molar-refractivity contribution in [3.05, 3.63) is 0 Å². The predicted octanol–water partition coefficient (Wildman–Crippen LogP) is -3.88. The maximum atomic E-state index is 11.7. The fourth-order valence-corrected chi connectivity index (χ4v) is 2.45. The molecule has 0 aromatic heterocycles. The topological polar surface area (TPSA) is 174 Å². The molecule has 1 aliphatic rings. The molecule has 0 aromatic rings. The van der Waals surface area contributed by atoms with Crippen LogP contribution in [0.25, 0.3) is 0 Å². The molecule has 0 spiro atoms. The second-order valence-electron chi connectivity index (χ2n) is 4.92. The van der Waals surface area contributed by atoms with Gasteiger partial charge in [-0.2, -0.15) is 11.8 Å². The summed E-state index contributed by atoms with van der Waals surface area (Å²) >= 11 is 1.43. The fraction of sp³-hybridized carbons (Fsp3) is 0.909. The Morgan fingerprint density at radius 3 is 2.10 bits per heavy atom. The van der Waals surface area contributed by atoms with Crippen LogP contribution in [0.2, 0.25) is 0 Å². The molecule has 1 saturated carbocycles. The van der Waals surface area contributed by atoms with Crippen LogP contribution < -0.4 is 5.73 Å². The number of thioether (sulfide) groups is 1. The van der Waals surface area contributed by atoms with Crippen LogP contribution in [0.1, 0.15) is 6.42 Å². The first-order valence-corrected chi connectivity index (χ1v) is 7.66. The van der Waals surface area contributed by atoms with Crippen molar-refractivity contribution < 1.29 is 40.2 Å². The van der Waals surface area contributed by atoms with Gasteiger partial charge < -0.3 is 41.1 Å². The molecule has 10 heteroatoms. The fourth-order valence-electron chi connectivity index (χ4n) is 1.96. The van der Waals surface area contributed by atoms with E-state index in [-0.39, 0.29) is 6.42 Å². The van der Waals surface area contributed by atoms with Gasteiger partial charge in [0, 0.05) is 0 Å². The van der Waals surface area contributed by atoms with Gasteiger partial charge in [0.2, 0.25) is 0 Å². The van der Waals surface area contributed by atoms with Crippen LogP contribution in [0.3, 0.4) is 0 Å². The highest BCUT2D eigenvalue weighted by atomic mass is 32.2. The summed E-state index contributed by atoms with van der Waals surface area (Å²) in [7, 11) is 0. The summed E-state index contributed by atoms with van der Waals surface area (Å²) in [4.78, 5) is 11.7. The highest BCUT2D eigenvalue weighted by Crippen LogP contribution is 2.31. The second kappa shape index (κ2) is 7.20. The van der Waals surface area contributed by atoms with E-state index in [1.54, 1.807) is 6.26 Å². The van der Waals surface area contributed by atoms with Gasteiger partial charge >= 0.3 is 5.97 Å². The molecule has 8 N–H and O–H groups in total. The van der Waals surface area contributed by atoms with Crippen LogP contribution in [0.15, 0.2) is 0 Å². The first-order valence-electron chi connectivity index (χ1n) is 6.26. The van der Waals surface area contributed by atoms with E-state index in [2.05, 4.69) is 4.74 Å². The Bertz CT molecular complexity index is 354. The first-order chi connectivity index (χ1) is 9.66. The van der Waals surface area contributed by atoms with Gasteiger partial charge in [-0.3, -0.25) is 4.79 Å². The van der Waals surface area contributed by atoms with E-state index >= 15 is 0 Å². The summed E-state index contributed by atoms with van der Waals surface area (Å²) in [6, 6.07) is -1.11. The van der Waals surface area contributed by atoms with Crippen molar-refractivity contribution in [2.75, 3.05) is 12.0 Å². The van der Waals surface area contributed by atoms with Crippen LogP contribution >= 0.6 is 11.8 Å². The van der Waals surface area contributed by atoms with Crippen molar-refractivity contribution in [2.45, 2.75) is 48.8 Å². The third-order valence-corrected chi connectivity index (χ3v) is 4.04. The van der Waals surface area contributed by atoms with Crippen molar-refractivity contribution >= 4 is 17.7 Å². The number of ether oxygens (including phenoxy) is 1. The lowest BCUT2D eigenvalue weighted by Gasteiger charge is -2.46. The summed E-state index contributed by atoms with van der Waals surface area (Å²) in [6.45, 7) is 0. The van der Waals surface area contributed by atoms with Gasteiger partial charge in [0.1, 0.15) is 24.4 Å². The summed E-state index contributed by atoms with van der Waals surface area (Å²) < 4.78 is 4.60. The van der Waals surface area contributed by atoms with Gasteiger partial charge in [-0.15, -0.1) is 0 Å². The van der Waals surface area contributed by atoms with E-state index < -0.39 is 48.3 Å². The molecule has 0 aliphatic heterocycles. The Morgan fingerprint density at radius 2 is 1.67 bits per heavy atom. The molecule has 0 radical (unpaired) electrons. The van der Waals surface area contributed by atoms with Crippen LogP contribution in [0, 0.1) is 0 Å². The molecule has 1 fully saturated rings. The molecular formula is C11H21NO8S. The SMILES string of the molecule is CSCC[C@H](N)C(=O)OC1(O)[C@H](O)[C@H](O)C(O)[C@H](O)[C@H]1O. The average Bonchev–Trinajstić information content (AvgIpc) is 2.47. The zero-order chi connectivity index (χ0) is 16.4. The molecule has 1 aliphatic carbocycles. The van der Waals surface area contributed by atoms with Gasteiger partial charge in [0.05, 0.1) is 0 Å². The van der Waals surface area contributed by atoms with Crippen LogP contribution in [0.5, 0.6) is 0 Å². The molecule has 7 atom stereocenters. The largest absolute Gasteiger partial charge is 0.426 e. The van der Waals surface area contributed by atoms with Gasteiger partial charge in [-0.05, 0) is 18.4 Å². The number of esters is 1. The number of aliphatic hydroxyl groups is 6. The normalized spacial score (nSPS) is 41.6. The van der Waals surface area contributed by atoms with Crippen molar-refractivity contribution in [3.63, 3.8) is 0 Å². The minimum atomic E-state index is -2.97. The van der Waals surface area contributed by atoms with E-state index in [0.29, 0.717) is 5.75 Å². The Hall–Kier alpha value is -0.460. The molecule has 2 unspecified atom stereocenters. The van der Waals surface area contributed by atoms with Crippen LogP contribution in [-0.2, 0) is 9.53 Å². The Kier molecular flexibility index (Phi) is 6.37. The number of rotatable bonds is 5. The quantitative estimate of drug-likeness (QED) is 0.195. The summed E-state index contributed by atoms with van der Waals surface area (Å²) in [5, 5.41) is 57.9. The Balaban J connectivity index is 2.85. The summed E-state index contributed by atoms with van der Waals surface area (Å²) in [5.74, 6) is -3.53. The average molecular weight is 327 g/mol. The predicted molar refractivity (Wildman–Crippen MR) is 72.1 cm³/mol. The van der Waals surface area contributed by atoms with E-state index in [1.807, 2.05) is 0 Å². The van der Waals surface area contributed by atoms with Gasteiger partial charge in [0.25, 0.3) is 5.79 Å². The van der Waals surface area contributed by atoms with Crippen molar-refractivity contribution in [2.24, 2.45) is 5.73 Å². The summed E-state index contributed by atoms with van der Waals surface area (Å²) in [5.41, 5.74) is 5.53. The number of hydrogen-bond donors (Lipinski definition) is 7. The monoisotopic (exact) mass is 327 g/mol. The van der Waals surface area contributed by atoms with Crippen molar-refractivity contribution in [1.82, 2.24) is 0 Å². The van der Waals surface area contributed by atoms with E-state index in [9.17, 15) is 35.4 Å². The lowest BCUT2D eigenvalue weighted by molar-refractivity contribution is -0.348. The second-order valence-corrected chi connectivity index (χ2v) is 5.91. The lowest BCUT2D eigenvalue weighted by atomic mass is 9.82. The minimum Gasteiger partial charge on any atom is -0.426 e. The minimum absolute atomic E-state index is 0.232. The zero-order valence-corrected chi connectivity index (χ0v) is 12.2. The van der Waals surface area contributed by atoms with Gasteiger partial charge in [0.15, 0.2) is 12.2 Å². The third kappa shape index (κ3) is 3.66. The highest BCUT2D eigenvalue weighted by molar-refractivity contribution is 7.98. The van der Waals surface area contributed by atoms with E-state index in [4.69, 9.17) is 5.73 Å². The van der Waals surface area contributed by atoms with Crippen LogP contribution in [0.4, 0.5) is 0 Å². The zero-order valence-electron chi connectivity index (χ0n) is 11.4. The number of carbonyl (C=O) groups excluding carboxylic acids is 1. The first kappa shape index (κ1) is 18.6. The van der Waals surface area contributed by atoms with Crippen LogP contribution in [-0.4, -0.2) is 91.0 Å². The molecule has 21 heavy (non-hydrogen) atoms. The Labute approximate surface area is 125 Å². The third-order valence-electron chi connectivity index (χ3n) is 3.39. The molecule has 9 nitrogen and oxygen atoms in total. The van der Waals surface area contributed by atoms with E-state index in [1.165, 1.54) is 11.8 Å². The number of hydrogen-bond acceptors (Lipinski definition) is 10. The maximum Gasteiger partial charge on any atom is 0.325 e. The molecule has 0 heterocycles. The maximum absolute atomic E-state index is 11.7. The molecular weight excluding hydrogens is 306 g/mol. The van der Waals surface area contributed by atoms with Gasteiger partial charge in [-0.25, -0.2) is 0 Å². The molecule has 0 saturated heterocycles. The highest BCUT2D eigenvalue weighted by Gasteiger charge is 2.60. The molecule has 124 valence electrons. The molecule has 0 aromatic carbocycles. The van der Waals surface area contributed by atoms with Gasteiger partial charge in [-0.1, -0.05) is 0 Å². The smallest absolute Gasteiger partial charge is 0.325 e. The molecule has 0 amide bonds. The Morgan fingerprint density at radius 1 is 1.19 bits per heavy atom. The summed E-state index contributed by atoms with van der Waals surface area (Å²) in [6.07, 6.45) is -8.30. The van der Waals surface area contributed by atoms with E-state index in [0.717, 1.165) is 0 Å². The lowest BCUT2D eigenvalue weighted by Crippen LogP contribution is -2.72. The number of carbonyl (C=O) groups is 1. The standard InChI is InChI=1S/C11H21NO8S/c1-21-3-2-4(12)10(18)20-11(19)8(16)6(14)5(13)7(15)9(11)17/h4-9,13-17,19H,2-3,12H2,1H3/t4-,5?,6-,7+,8+,9+,11?/m0/s1. The number of aliphatic hydroxyl groups excluding tert-OH is 5. The van der Waals surface area contributed by atoms with Crippen molar-refractivity contribution in [1.29, 1.82) is 0 Å². The molecule has 0 bridgehead atoms.